The van der Waals surface area contributed by atoms with Crippen LogP contribution in [0.15, 0.2) is 48.7 Å². The fourth-order valence-corrected chi connectivity index (χ4v) is 2.10. The van der Waals surface area contributed by atoms with Crippen molar-refractivity contribution in [2.45, 2.75) is 0 Å². The zero-order chi connectivity index (χ0) is 14.1. The number of rotatable bonds is 2. The van der Waals surface area contributed by atoms with Crippen molar-refractivity contribution in [2.75, 3.05) is 7.11 Å². The molecular formula is C16H11F2NO. The summed E-state index contributed by atoms with van der Waals surface area (Å²) in [7, 11) is 1.42. The van der Waals surface area contributed by atoms with Gasteiger partial charge >= 0.3 is 0 Å². The monoisotopic (exact) mass is 271 g/mol. The van der Waals surface area contributed by atoms with Crippen LogP contribution in [0.25, 0.3) is 22.0 Å². The van der Waals surface area contributed by atoms with E-state index >= 15 is 0 Å². The molecule has 0 atom stereocenters. The van der Waals surface area contributed by atoms with E-state index in [9.17, 15) is 8.78 Å². The van der Waals surface area contributed by atoms with Crippen molar-refractivity contribution in [1.82, 2.24) is 4.98 Å². The highest BCUT2D eigenvalue weighted by atomic mass is 19.1. The number of fused-ring (bicyclic) bond motifs is 1. The summed E-state index contributed by atoms with van der Waals surface area (Å²) < 4.78 is 31.7. The molecule has 2 nitrogen and oxygen atoms in total. The van der Waals surface area contributed by atoms with Gasteiger partial charge in [0.05, 0.1) is 12.6 Å². The van der Waals surface area contributed by atoms with Gasteiger partial charge in [0.1, 0.15) is 5.82 Å². The van der Waals surface area contributed by atoms with Crippen LogP contribution in [0.5, 0.6) is 5.75 Å². The summed E-state index contributed by atoms with van der Waals surface area (Å²) in [5.74, 6) is -0.554. The molecule has 0 unspecified atom stereocenters. The lowest BCUT2D eigenvalue weighted by Crippen LogP contribution is -1.89. The number of benzene rings is 2. The van der Waals surface area contributed by atoms with Gasteiger partial charge in [-0.25, -0.2) is 8.78 Å². The van der Waals surface area contributed by atoms with Crippen molar-refractivity contribution in [2.24, 2.45) is 0 Å². The largest absolute Gasteiger partial charge is 0.494 e. The van der Waals surface area contributed by atoms with Crippen LogP contribution in [0.4, 0.5) is 8.78 Å². The molecule has 0 saturated carbocycles. The molecule has 0 N–H and O–H groups in total. The number of nitrogens with zero attached hydrogens (tertiary/aromatic N) is 1. The predicted octanol–water partition coefficient (Wildman–Crippen LogP) is 4.19. The van der Waals surface area contributed by atoms with Crippen molar-refractivity contribution in [3.05, 3.63) is 60.3 Å². The molecule has 0 aliphatic rings. The first-order valence-electron chi connectivity index (χ1n) is 6.06. The molecule has 4 heteroatoms. The maximum Gasteiger partial charge on any atom is 0.165 e. The van der Waals surface area contributed by atoms with Crippen LogP contribution >= 0.6 is 0 Å². The molecule has 0 fully saturated rings. The Morgan fingerprint density at radius 2 is 1.80 bits per heavy atom. The SMILES string of the molecule is COc1ccc(-c2cnc3cc(F)ccc3c2)cc1F. The van der Waals surface area contributed by atoms with E-state index in [0.29, 0.717) is 11.1 Å². The number of aromatic nitrogens is 1. The molecule has 0 aliphatic carbocycles. The van der Waals surface area contributed by atoms with Gasteiger partial charge in [-0.1, -0.05) is 6.07 Å². The summed E-state index contributed by atoms with van der Waals surface area (Å²) in [6.45, 7) is 0. The number of methoxy groups -OCH3 is 1. The van der Waals surface area contributed by atoms with Gasteiger partial charge in [0, 0.05) is 23.2 Å². The van der Waals surface area contributed by atoms with Crippen molar-refractivity contribution < 1.29 is 13.5 Å². The van der Waals surface area contributed by atoms with Crippen LogP contribution in [0.3, 0.4) is 0 Å². The second-order valence-electron chi connectivity index (χ2n) is 4.41. The first kappa shape index (κ1) is 12.5. The second-order valence-corrected chi connectivity index (χ2v) is 4.41. The van der Waals surface area contributed by atoms with E-state index in [1.165, 1.54) is 25.3 Å². The third-order valence-electron chi connectivity index (χ3n) is 3.13. The molecule has 0 saturated heterocycles. The Morgan fingerprint density at radius 1 is 0.950 bits per heavy atom. The van der Waals surface area contributed by atoms with Crippen molar-refractivity contribution in [1.29, 1.82) is 0 Å². The van der Waals surface area contributed by atoms with Gasteiger partial charge in [0.15, 0.2) is 11.6 Å². The smallest absolute Gasteiger partial charge is 0.165 e. The van der Waals surface area contributed by atoms with Gasteiger partial charge in [0.2, 0.25) is 0 Å². The molecule has 1 heterocycles. The van der Waals surface area contributed by atoms with Gasteiger partial charge in [-0.05, 0) is 35.9 Å². The molecule has 0 spiro atoms. The first-order chi connectivity index (χ1) is 9.67. The van der Waals surface area contributed by atoms with Gasteiger partial charge in [-0.2, -0.15) is 0 Å². The quantitative estimate of drug-likeness (QED) is 0.697. The fourth-order valence-electron chi connectivity index (χ4n) is 2.10. The van der Waals surface area contributed by atoms with E-state index in [1.54, 1.807) is 24.4 Å². The number of halogens is 2. The number of pyridine rings is 1. The minimum absolute atomic E-state index is 0.199. The zero-order valence-electron chi connectivity index (χ0n) is 10.7. The second kappa shape index (κ2) is 4.89. The van der Waals surface area contributed by atoms with Crippen LogP contribution in [0.1, 0.15) is 0 Å². The third kappa shape index (κ3) is 2.20. The molecule has 3 rings (SSSR count). The standard InChI is InChI=1S/C16H11F2NO/c1-20-16-5-3-10(7-14(16)18)12-6-11-2-4-13(17)8-15(11)19-9-12/h2-9H,1H3. The normalized spacial score (nSPS) is 10.8. The summed E-state index contributed by atoms with van der Waals surface area (Å²) >= 11 is 0. The maximum atomic E-state index is 13.7. The molecule has 0 aliphatic heterocycles. The topological polar surface area (TPSA) is 22.1 Å². The van der Waals surface area contributed by atoms with Crippen molar-refractivity contribution >= 4 is 10.9 Å². The van der Waals surface area contributed by atoms with Gasteiger partial charge < -0.3 is 4.74 Å². The van der Waals surface area contributed by atoms with Crippen LogP contribution in [0.2, 0.25) is 0 Å². The van der Waals surface area contributed by atoms with Crippen LogP contribution < -0.4 is 4.74 Å². The van der Waals surface area contributed by atoms with E-state index in [1.807, 2.05) is 6.07 Å². The lowest BCUT2D eigenvalue weighted by atomic mass is 10.1. The van der Waals surface area contributed by atoms with E-state index in [2.05, 4.69) is 4.98 Å². The van der Waals surface area contributed by atoms with Crippen molar-refractivity contribution in [3.63, 3.8) is 0 Å². The highest BCUT2D eigenvalue weighted by Crippen LogP contribution is 2.27. The summed E-state index contributed by atoms with van der Waals surface area (Å²) in [6.07, 6.45) is 1.60. The molecule has 1 aromatic heterocycles. The van der Waals surface area contributed by atoms with Crippen LogP contribution in [0, 0.1) is 11.6 Å². The summed E-state index contributed by atoms with van der Waals surface area (Å²) in [5, 5.41) is 0.806. The molecule has 3 aromatic rings. The molecule has 0 bridgehead atoms. The maximum absolute atomic E-state index is 13.7. The predicted molar refractivity (Wildman–Crippen MR) is 73.6 cm³/mol. The fraction of sp³-hybridized carbons (Fsp3) is 0.0625. The first-order valence-corrected chi connectivity index (χ1v) is 6.06. The zero-order valence-corrected chi connectivity index (χ0v) is 10.7. The molecule has 0 radical (unpaired) electrons. The third-order valence-corrected chi connectivity index (χ3v) is 3.13. The molecule has 0 amide bonds. The highest BCUT2D eigenvalue weighted by molar-refractivity contribution is 5.83. The highest BCUT2D eigenvalue weighted by Gasteiger charge is 2.06. The number of hydrogen-bond acceptors (Lipinski definition) is 2. The Bertz CT molecular complexity index is 787. The molecule has 2 aromatic carbocycles. The van der Waals surface area contributed by atoms with E-state index in [4.69, 9.17) is 4.74 Å². The Labute approximate surface area is 114 Å². The van der Waals surface area contributed by atoms with Gasteiger partial charge in [-0.3, -0.25) is 4.98 Å². The Hall–Kier alpha value is -2.49. The number of ether oxygens (including phenoxy) is 1. The number of hydrogen-bond donors (Lipinski definition) is 0. The lowest BCUT2D eigenvalue weighted by molar-refractivity contribution is 0.386. The molecular weight excluding hydrogens is 260 g/mol. The minimum Gasteiger partial charge on any atom is -0.494 e. The van der Waals surface area contributed by atoms with Gasteiger partial charge in [0.25, 0.3) is 0 Å². The average Bonchev–Trinajstić information content (AvgIpc) is 2.46. The average molecular weight is 271 g/mol. The summed E-state index contributed by atoms with van der Waals surface area (Å²) in [5.41, 5.74) is 2.04. The van der Waals surface area contributed by atoms with Crippen LogP contribution in [-0.4, -0.2) is 12.1 Å². The van der Waals surface area contributed by atoms with Gasteiger partial charge in [-0.15, -0.1) is 0 Å². The summed E-state index contributed by atoms with van der Waals surface area (Å²) in [4.78, 5) is 4.20. The van der Waals surface area contributed by atoms with E-state index in [0.717, 1.165) is 10.9 Å². The Balaban J connectivity index is 2.10. The molecule has 20 heavy (non-hydrogen) atoms. The Kier molecular flexibility index (Phi) is 3.06. The van der Waals surface area contributed by atoms with E-state index in [-0.39, 0.29) is 11.6 Å². The van der Waals surface area contributed by atoms with E-state index < -0.39 is 5.82 Å². The molecule has 100 valence electrons. The Morgan fingerprint density at radius 3 is 2.55 bits per heavy atom. The van der Waals surface area contributed by atoms with Crippen LogP contribution in [-0.2, 0) is 0 Å². The summed E-state index contributed by atoms with van der Waals surface area (Å²) in [6, 6.07) is 11.0. The van der Waals surface area contributed by atoms with Crippen molar-refractivity contribution in [3.8, 4) is 16.9 Å². The minimum atomic E-state index is -0.427. The lowest BCUT2D eigenvalue weighted by Gasteiger charge is -2.06.